The maximum absolute atomic E-state index is 13.2. The number of carbonyl (C=O) groups excluding carboxylic acids is 2. The topological polar surface area (TPSA) is 96.3 Å². The normalized spacial score (nSPS) is 24.2. The smallest absolute Gasteiger partial charge is 0.295 e. The number of hydrogen-bond acceptors (Lipinski definition) is 6. The van der Waals surface area contributed by atoms with Crippen molar-refractivity contribution in [2.45, 2.75) is 57.2 Å². The number of likely N-dealkylation sites (tertiary alicyclic amines) is 1. The van der Waals surface area contributed by atoms with Crippen molar-refractivity contribution in [2.75, 3.05) is 7.11 Å². The van der Waals surface area contributed by atoms with Crippen molar-refractivity contribution in [1.82, 2.24) is 4.90 Å². The molecular formula is C26H27NO6. The van der Waals surface area contributed by atoms with E-state index >= 15 is 0 Å². The standard InChI is InChI=1S/C26H27NO6/c1-14-11-17-12-16(8-9-20(17)33-14)24(29)22-23(15-7-10-21(32-2)19(28)13-15)27(26(31)25(22)30)18-5-3-4-6-18/h7-10,12-14,18,23,28-29H,3-6,11H2,1-2H3/b24-22-. The predicted molar refractivity (Wildman–Crippen MR) is 121 cm³/mol. The van der Waals surface area contributed by atoms with Gasteiger partial charge in [-0.25, -0.2) is 0 Å². The highest BCUT2D eigenvalue weighted by Crippen LogP contribution is 2.45. The first-order valence-electron chi connectivity index (χ1n) is 11.4. The van der Waals surface area contributed by atoms with Crippen molar-refractivity contribution in [3.8, 4) is 17.2 Å². The fourth-order valence-electron chi connectivity index (χ4n) is 5.34. The summed E-state index contributed by atoms with van der Waals surface area (Å²) >= 11 is 0. The number of methoxy groups -OCH3 is 1. The number of carbonyl (C=O) groups is 2. The van der Waals surface area contributed by atoms with Crippen LogP contribution in [-0.2, 0) is 16.0 Å². The van der Waals surface area contributed by atoms with Crippen LogP contribution in [-0.4, -0.2) is 46.1 Å². The van der Waals surface area contributed by atoms with Gasteiger partial charge in [-0.3, -0.25) is 9.59 Å². The molecule has 2 aromatic carbocycles. The predicted octanol–water partition coefficient (Wildman–Crippen LogP) is 4.09. The van der Waals surface area contributed by atoms with E-state index in [1.54, 1.807) is 29.2 Å². The maximum atomic E-state index is 13.2. The number of Topliss-reactive ketones (excluding diaryl/α,β-unsaturated/α-hetero) is 1. The summed E-state index contributed by atoms with van der Waals surface area (Å²) in [5.41, 5.74) is 2.02. The average Bonchev–Trinajstić information content (AvgIpc) is 3.51. The second kappa shape index (κ2) is 8.14. The van der Waals surface area contributed by atoms with E-state index in [0.717, 1.165) is 37.0 Å². The van der Waals surface area contributed by atoms with Crippen LogP contribution in [0, 0.1) is 0 Å². The molecule has 2 atom stereocenters. The summed E-state index contributed by atoms with van der Waals surface area (Å²) in [6.07, 6.45) is 4.34. The van der Waals surface area contributed by atoms with Crippen molar-refractivity contribution < 1.29 is 29.3 Å². The maximum Gasteiger partial charge on any atom is 0.295 e. The van der Waals surface area contributed by atoms with Crippen LogP contribution >= 0.6 is 0 Å². The Kier molecular flexibility index (Phi) is 5.27. The Morgan fingerprint density at radius 2 is 1.88 bits per heavy atom. The monoisotopic (exact) mass is 449 g/mol. The van der Waals surface area contributed by atoms with Gasteiger partial charge in [0.15, 0.2) is 11.5 Å². The summed E-state index contributed by atoms with van der Waals surface area (Å²) in [5, 5.41) is 21.7. The second-order valence-corrected chi connectivity index (χ2v) is 9.03. The third kappa shape index (κ3) is 3.52. The minimum absolute atomic E-state index is 0.0448. The van der Waals surface area contributed by atoms with Crippen LogP contribution in [0.4, 0.5) is 0 Å². The molecule has 5 rings (SSSR count). The number of rotatable bonds is 4. The van der Waals surface area contributed by atoms with Crippen LogP contribution in [0.5, 0.6) is 17.2 Å². The lowest BCUT2D eigenvalue weighted by Crippen LogP contribution is -2.37. The quantitative estimate of drug-likeness (QED) is 0.415. The number of hydrogen-bond donors (Lipinski definition) is 2. The first-order chi connectivity index (χ1) is 15.9. The minimum atomic E-state index is -0.784. The molecule has 2 aromatic rings. The number of phenolic OH excluding ortho intramolecular Hbond substituents is 1. The molecule has 172 valence electrons. The highest BCUT2D eigenvalue weighted by atomic mass is 16.5. The van der Waals surface area contributed by atoms with Gasteiger partial charge in [0, 0.05) is 18.0 Å². The lowest BCUT2D eigenvalue weighted by atomic mass is 9.93. The number of fused-ring (bicyclic) bond motifs is 1. The van der Waals surface area contributed by atoms with E-state index in [1.165, 1.54) is 13.2 Å². The molecular weight excluding hydrogens is 422 g/mol. The zero-order valence-electron chi connectivity index (χ0n) is 18.7. The molecule has 2 aliphatic heterocycles. The fraction of sp³-hybridized carbons (Fsp3) is 0.385. The van der Waals surface area contributed by atoms with Crippen LogP contribution in [0.25, 0.3) is 5.76 Å². The number of ketones is 1. The largest absolute Gasteiger partial charge is 0.507 e. The van der Waals surface area contributed by atoms with Crippen molar-refractivity contribution in [1.29, 1.82) is 0 Å². The fourth-order valence-corrected chi connectivity index (χ4v) is 5.34. The van der Waals surface area contributed by atoms with Crippen LogP contribution in [0.1, 0.15) is 55.3 Å². The van der Waals surface area contributed by atoms with E-state index in [2.05, 4.69) is 0 Å². The van der Waals surface area contributed by atoms with E-state index in [9.17, 15) is 19.8 Å². The van der Waals surface area contributed by atoms with Gasteiger partial charge in [0.05, 0.1) is 18.7 Å². The number of ether oxygens (including phenoxy) is 2. The summed E-state index contributed by atoms with van der Waals surface area (Å²) in [4.78, 5) is 28.0. The SMILES string of the molecule is COc1ccc(C2/C(=C(/O)c3ccc4c(c3)CC(C)O4)C(=O)C(=O)N2C2CCCC2)cc1O. The van der Waals surface area contributed by atoms with Gasteiger partial charge >= 0.3 is 0 Å². The molecule has 1 saturated heterocycles. The molecule has 7 nitrogen and oxygen atoms in total. The molecule has 2 N–H and O–H groups in total. The molecule has 3 aliphatic rings. The van der Waals surface area contributed by atoms with Gasteiger partial charge in [0.1, 0.15) is 17.6 Å². The third-order valence-corrected chi connectivity index (χ3v) is 6.89. The molecule has 33 heavy (non-hydrogen) atoms. The van der Waals surface area contributed by atoms with Crippen LogP contribution < -0.4 is 9.47 Å². The van der Waals surface area contributed by atoms with Crippen LogP contribution in [0.2, 0.25) is 0 Å². The molecule has 1 aliphatic carbocycles. The third-order valence-electron chi connectivity index (χ3n) is 6.89. The highest BCUT2D eigenvalue weighted by molar-refractivity contribution is 6.46. The molecule has 7 heteroatoms. The van der Waals surface area contributed by atoms with E-state index in [1.807, 2.05) is 13.0 Å². The van der Waals surface area contributed by atoms with Crippen LogP contribution in [0.3, 0.4) is 0 Å². The lowest BCUT2D eigenvalue weighted by Gasteiger charge is -2.31. The molecule has 1 amide bonds. The van der Waals surface area contributed by atoms with Crippen molar-refractivity contribution in [3.63, 3.8) is 0 Å². The Bertz CT molecular complexity index is 1160. The number of benzene rings is 2. The Balaban J connectivity index is 1.65. The number of amides is 1. The van der Waals surface area contributed by atoms with E-state index < -0.39 is 17.7 Å². The van der Waals surface area contributed by atoms with Gasteiger partial charge in [-0.1, -0.05) is 18.9 Å². The van der Waals surface area contributed by atoms with Crippen molar-refractivity contribution in [2.24, 2.45) is 0 Å². The van der Waals surface area contributed by atoms with Gasteiger partial charge in [-0.2, -0.15) is 0 Å². The summed E-state index contributed by atoms with van der Waals surface area (Å²) in [6.45, 7) is 1.98. The van der Waals surface area contributed by atoms with Gasteiger partial charge < -0.3 is 24.6 Å². The molecule has 0 radical (unpaired) electrons. The van der Waals surface area contributed by atoms with E-state index in [4.69, 9.17) is 9.47 Å². The van der Waals surface area contributed by atoms with Crippen molar-refractivity contribution >= 4 is 17.4 Å². The Morgan fingerprint density at radius 3 is 2.58 bits per heavy atom. The summed E-state index contributed by atoms with van der Waals surface area (Å²) in [6, 6.07) is 9.27. The minimum Gasteiger partial charge on any atom is -0.507 e. The van der Waals surface area contributed by atoms with Crippen LogP contribution in [0.15, 0.2) is 42.0 Å². The molecule has 2 fully saturated rings. The first-order valence-corrected chi connectivity index (χ1v) is 11.4. The number of phenols is 1. The molecule has 1 saturated carbocycles. The van der Waals surface area contributed by atoms with Gasteiger partial charge in [0.25, 0.3) is 11.7 Å². The molecule has 0 aromatic heterocycles. The number of aliphatic hydroxyl groups is 1. The number of nitrogens with zero attached hydrogens (tertiary/aromatic N) is 1. The average molecular weight is 450 g/mol. The van der Waals surface area contributed by atoms with E-state index in [-0.39, 0.29) is 29.2 Å². The summed E-state index contributed by atoms with van der Waals surface area (Å²) < 4.78 is 10.9. The Morgan fingerprint density at radius 1 is 1.12 bits per heavy atom. The molecule has 2 unspecified atom stereocenters. The molecule has 0 spiro atoms. The summed E-state index contributed by atoms with van der Waals surface area (Å²) in [7, 11) is 1.46. The zero-order chi connectivity index (χ0) is 23.3. The lowest BCUT2D eigenvalue weighted by molar-refractivity contribution is -0.141. The van der Waals surface area contributed by atoms with Gasteiger partial charge in [-0.15, -0.1) is 0 Å². The molecule has 2 heterocycles. The summed E-state index contributed by atoms with van der Waals surface area (Å²) in [5.74, 6) is -0.551. The van der Waals surface area contributed by atoms with Crippen molar-refractivity contribution in [3.05, 3.63) is 58.7 Å². The van der Waals surface area contributed by atoms with E-state index in [0.29, 0.717) is 23.3 Å². The number of aliphatic hydroxyl groups excluding tert-OH is 1. The Hall–Kier alpha value is -3.48. The highest BCUT2D eigenvalue weighted by Gasteiger charge is 2.49. The zero-order valence-corrected chi connectivity index (χ0v) is 18.7. The second-order valence-electron chi connectivity index (χ2n) is 9.03. The number of aromatic hydroxyl groups is 1. The molecule has 0 bridgehead atoms. The van der Waals surface area contributed by atoms with Gasteiger partial charge in [0.2, 0.25) is 0 Å². The van der Waals surface area contributed by atoms with Gasteiger partial charge in [-0.05, 0) is 61.2 Å². The Labute approximate surface area is 192 Å². The first kappa shape index (κ1) is 21.4.